The first-order valence-electron chi connectivity index (χ1n) is 4.72. The van der Waals surface area contributed by atoms with Crippen LogP contribution in [-0.4, -0.2) is 11.1 Å². The summed E-state index contributed by atoms with van der Waals surface area (Å²) in [5.74, 6) is 0. The van der Waals surface area contributed by atoms with Crippen molar-refractivity contribution in [3.63, 3.8) is 0 Å². The van der Waals surface area contributed by atoms with Gasteiger partial charge < -0.3 is 10.5 Å². The molecule has 0 radical (unpaired) electrons. The van der Waals surface area contributed by atoms with Crippen LogP contribution in [0.5, 0.6) is 5.19 Å². The van der Waals surface area contributed by atoms with Crippen LogP contribution in [-0.2, 0) is 0 Å². The number of nitrogens with two attached hydrogens (primary N) is 1. The van der Waals surface area contributed by atoms with E-state index in [-0.39, 0.29) is 0 Å². The minimum absolute atomic E-state index is 0.374. The zero-order chi connectivity index (χ0) is 9.10. The Kier molecular flexibility index (Phi) is 2.68. The zero-order valence-corrected chi connectivity index (χ0v) is 8.35. The van der Waals surface area contributed by atoms with E-state index < -0.39 is 0 Å². The highest BCUT2D eigenvalue weighted by molar-refractivity contribution is 7.17. The number of hydrogen-bond donors (Lipinski definition) is 1. The number of rotatable bonds is 2. The van der Waals surface area contributed by atoms with Crippen LogP contribution in [0.1, 0.15) is 32.1 Å². The van der Waals surface area contributed by atoms with Gasteiger partial charge in [0.2, 0.25) is 0 Å². The fraction of sp³-hybridized carbons (Fsp3) is 0.667. The van der Waals surface area contributed by atoms with Crippen LogP contribution in [0.25, 0.3) is 0 Å². The summed E-state index contributed by atoms with van der Waals surface area (Å²) in [5.41, 5.74) is 5.56. The Labute approximate surface area is 81.9 Å². The minimum atomic E-state index is 0.374. The number of anilines is 1. The van der Waals surface area contributed by atoms with Crippen molar-refractivity contribution < 1.29 is 4.74 Å². The van der Waals surface area contributed by atoms with Crippen molar-refractivity contribution in [2.24, 2.45) is 0 Å². The van der Waals surface area contributed by atoms with E-state index in [0.717, 1.165) is 10.2 Å². The summed E-state index contributed by atoms with van der Waals surface area (Å²) in [4.78, 5) is 4.08. The maximum Gasteiger partial charge on any atom is 0.275 e. The molecule has 0 unspecified atom stereocenters. The highest BCUT2D eigenvalue weighted by atomic mass is 32.1. The fourth-order valence-corrected chi connectivity index (χ4v) is 2.25. The molecule has 0 atom stereocenters. The van der Waals surface area contributed by atoms with Gasteiger partial charge in [-0.25, -0.2) is 4.98 Å². The lowest BCUT2D eigenvalue weighted by Gasteiger charge is -2.21. The topological polar surface area (TPSA) is 48.1 Å². The van der Waals surface area contributed by atoms with E-state index in [1.54, 1.807) is 6.20 Å². The Hall–Kier alpha value is -0.770. The van der Waals surface area contributed by atoms with Gasteiger partial charge in [-0.15, -0.1) is 0 Å². The molecule has 1 aliphatic carbocycles. The summed E-state index contributed by atoms with van der Waals surface area (Å²) in [7, 11) is 0. The van der Waals surface area contributed by atoms with Crippen molar-refractivity contribution in [2.45, 2.75) is 38.2 Å². The van der Waals surface area contributed by atoms with Gasteiger partial charge >= 0.3 is 0 Å². The van der Waals surface area contributed by atoms with Crippen LogP contribution >= 0.6 is 11.3 Å². The van der Waals surface area contributed by atoms with E-state index in [0.29, 0.717) is 6.10 Å². The number of thiazole rings is 1. The van der Waals surface area contributed by atoms with Crippen molar-refractivity contribution in [2.75, 3.05) is 5.73 Å². The second kappa shape index (κ2) is 3.96. The van der Waals surface area contributed by atoms with Gasteiger partial charge in [0, 0.05) is 0 Å². The molecule has 1 heterocycles. The molecule has 1 aliphatic rings. The van der Waals surface area contributed by atoms with Crippen molar-refractivity contribution in [1.82, 2.24) is 4.98 Å². The lowest BCUT2D eigenvalue weighted by molar-refractivity contribution is 0.154. The van der Waals surface area contributed by atoms with Gasteiger partial charge in [-0.1, -0.05) is 17.8 Å². The molecule has 0 spiro atoms. The van der Waals surface area contributed by atoms with Gasteiger partial charge in [0.05, 0.1) is 6.20 Å². The van der Waals surface area contributed by atoms with E-state index in [4.69, 9.17) is 10.5 Å². The first-order valence-corrected chi connectivity index (χ1v) is 5.54. The van der Waals surface area contributed by atoms with Crippen LogP contribution in [0.3, 0.4) is 0 Å². The van der Waals surface area contributed by atoms with Crippen molar-refractivity contribution in [3.8, 4) is 5.19 Å². The summed E-state index contributed by atoms with van der Waals surface area (Å²) in [6, 6.07) is 0. The second-order valence-electron chi connectivity index (χ2n) is 3.41. The molecule has 0 aromatic carbocycles. The van der Waals surface area contributed by atoms with E-state index in [1.807, 2.05) is 0 Å². The Bertz CT molecular complexity index is 268. The fourth-order valence-electron chi connectivity index (χ4n) is 1.65. The number of nitrogens with zero attached hydrogens (tertiary/aromatic N) is 1. The summed E-state index contributed by atoms with van der Waals surface area (Å²) >= 11 is 1.43. The van der Waals surface area contributed by atoms with Crippen LogP contribution in [0, 0.1) is 0 Å². The average molecular weight is 198 g/mol. The highest BCUT2D eigenvalue weighted by Crippen LogP contribution is 2.27. The summed E-state index contributed by atoms with van der Waals surface area (Å²) in [6.45, 7) is 0. The Balaban J connectivity index is 1.89. The third kappa shape index (κ3) is 2.34. The monoisotopic (exact) mass is 198 g/mol. The summed E-state index contributed by atoms with van der Waals surface area (Å²) < 4.78 is 5.70. The number of nitrogen functional groups attached to an aromatic ring is 1. The van der Waals surface area contributed by atoms with Gasteiger partial charge in [0.1, 0.15) is 11.1 Å². The van der Waals surface area contributed by atoms with E-state index >= 15 is 0 Å². The number of ether oxygens (including phenoxy) is 1. The molecule has 13 heavy (non-hydrogen) atoms. The molecule has 1 aromatic heterocycles. The molecule has 2 rings (SSSR count). The predicted octanol–water partition coefficient (Wildman–Crippen LogP) is 2.44. The van der Waals surface area contributed by atoms with E-state index in [2.05, 4.69) is 4.98 Å². The van der Waals surface area contributed by atoms with Crippen molar-refractivity contribution in [3.05, 3.63) is 6.20 Å². The third-order valence-corrected chi connectivity index (χ3v) is 3.04. The van der Waals surface area contributed by atoms with Gasteiger partial charge in [-0.05, 0) is 25.7 Å². The van der Waals surface area contributed by atoms with E-state index in [9.17, 15) is 0 Å². The van der Waals surface area contributed by atoms with Gasteiger partial charge in [-0.2, -0.15) is 0 Å². The standard InChI is InChI=1S/C9H14N2OS/c10-8-6-11-9(13-8)12-7-4-2-1-3-5-7/h6-7H,1-5,10H2. The van der Waals surface area contributed by atoms with E-state index in [1.165, 1.54) is 43.4 Å². The lowest BCUT2D eigenvalue weighted by atomic mass is 9.98. The van der Waals surface area contributed by atoms with Crippen molar-refractivity contribution in [1.29, 1.82) is 0 Å². The zero-order valence-electron chi connectivity index (χ0n) is 7.53. The Morgan fingerprint density at radius 2 is 2.15 bits per heavy atom. The van der Waals surface area contributed by atoms with Crippen molar-refractivity contribution >= 4 is 16.3 Å². The first kappa shape index (κ1) is 8.81. The normalized spacial score (nSPS) is 18.8. The molecule has 2 N–H and O–H groups in total. The highest BCUT2D eigenvalue weighted by Gasteiger charge is 2.15. The number of aromatic nitrogens is 1. The molecule has 0 saturated heterocycles. The molecule has 1 fully saturated rings. The predicted molar refractivity (Wildman–Crippen MR) is 54.0 cm³/mol. The van der Waals surface area contributed by atoms with Gasteiger partial charge in [0.15, 0.2) is 0 Å². The molecular formula is C9H14N2OS. The first-order chi connectivity index (χ1) is 6.34. The SMILES string of the molecule is Nc1cnc(OC2CCCCC2)s1. The molecule has 0 aliphatic heterocycles. The largest absolute Gasteiger partial charge is 0.467 e. The molecule has 0 amide bonds. The molecule has 4 heteroatoms. The third-order valence-electron chi connectivity index (χ3n) is 2.32. The minimum Gasteiger partial charge on any atom is -0.467 e. The summed E-state index contributed by atoms with van der Waals surface area (Å²) in [5, 5.41) is 1.45. The molecule has 72 valence electrons. The van der Waals surface area contributed by atoms with Gasteiger partial charge in [0.25, 0.3) is 5.19 Å². The Morgan fingerprint density at radius 1 is 1.38 bits per heavy atom. The summed E-state index contributed by atoms with van der Waals surface area (Å²) in [6.07, 6.45) is 8.28. The number of hydrogen-bond acceptors (Lipinski definition) is 4. The quantitative estimate of drug-likeness (QED) is 0.794. The average Bonchev–Trinajstić information content (AvgIpc) is 2.53. The second-order valence-corrected chi connectivity index (χ2v) is 4.43. The molecular weight excluding hydrogens is 184 g/mol. The molecule has 3 nitrogen and oxygen atoms in total. The van der Waals surface area contributed by atoms with Crippen LogP contribution in [0.15, 0.2) is 6.20 Å². The lowest BCUT2D eigenvalue weighted by Crippen LogP contribution is -2.19. The molecule has 1 saturated carbocycles. The maximum atomic E-state index is 5.70. The smallest absolute Gasteiger partial charge is 0.275 e. The maximum absolute atomic E-state index is 5.70. The Morgan fingerprint density at radius 3 is 2.77 bits per heavy atom. The van der Waals surface area contributed by atoms with Crippen LogP contribution < -0.4 is 10.5 Å². The van der Waals surface area contributed by atoms with Gasteiger partial charge in [-0.3, -0.25) is 0 Å². The van der Waals surface area contributed by atoms with Crippen LogP contribution in [0.2, 0.25) is 0 Å². The molecule has 1 aromatic rings. The molecule has 0 bridgehead atoms. The van der Waals surface area contributed by atoms with Crippen LogP contribution in [0.4, 0.5) is 5.00 Å².